The molecular formula is C15H20O9. The normalized spacial score (nSPS) is 27.3. The highest BCUT2D eigenvalue weighted by Gasteiger charge is 2.44. The van der Waals surface area contributed by atoms with Crippen LogP contribution in [-0.2, 0) is 42.9 Å². The molecule has 2 aliphatic heterocycles. The molecule has 2 saturated heterocycles. The van der Waals surface area contributed by atoms with E-state index in [2.05, 4.69) is 0 Å². The standard InChI is InChI=1S/C15H20O9/c1-14(2)7-8(11(18)22-14)20-9(16)5-6-10(17)21-13-12(19)23-15(3,4)24-13/h8,13H,5-7H2,1-4H3. The summed E-state index contributed by atoms with van der Waals surface area (Å²) in [6.45, 7) is 6.41. The Kier molecular flexibility index (Phi) is 4.84. The van der Waals surface area contributed by atoms with Crippen molar-refractivity contribution in [2.45, 2.75) is 70.7 Å². The maximum Gasteiger partial charge on any atom is 0.379 e. The summed E-state index contributed by atoms with van der Waals surface area (Å²) in [5.74, 6) is -4.15. The molecule has 0 aromatic rings. The van der Waals surface area contributed by atoms with Crippen LogP contribution < -0.4 is 0 Å². The van der Waals surface area contributed by atoms with E-state index in [-0.39, 0.29) is 19.3 Å². The van der Waals surface area contributed by atoms with Crippen LogP contribution in [0.2, 0.25) is 0 Å². The Labute approximate surface area is 138 Å². The Morgan fingerprint density at radius 2 is 1.58 bits per heavy atom. The van der Waals surface area contributed by atoms with Crippen molar-refractivity contribution in [2.75, 3.05) is 0 Å². The second-order valence-electron chi connectivity index (χ2n) is 6.62. The number of hydrogen-bond acceptors (Lipinski definition) is 9. The molecule has 0 aromatic heterocycles. The summed E-state index contributed by atoms with van der Waals surface area (Å²) in [6, 6.07) is 0. The molecule has 0 aliphatic carbocycles. The van der Waals surface area contributed by atoms with E-state index in [9.17, 15) is 19.2 Å². The number of ether oxygens (including phenoxy) is 5. The van der Waals surface area contributed by atoms with Gasteiger partial charge in [0.1, 0.15) is 5.60 Å². The van der Waals surface area contributed by atoms with Crippen molar-refractivity contribution in [1.29, 1.82) is 0 Å². The van der Waals surface area contributed by atoms with Crippen LogP contribution in [0.3, 0.4) is 0 Å². The van der Waals surface area contributed by atoms with Crippen molar-refractivity contribution < 1.29 is 42.9 Å². The van der Waals surface area contributed by atoms with Gasteiger partial charge in [-0.15, -0.1) is 0 Å². The first-order valence-corrected chi connectivity index (χ1v) is 7.50. The van der Waals surface area contributed by atoms with Crippen molar-refractivity contribution in [3.63, 3.8) is 0 Å². The van der Waals surface area contributed by atoms with Gasteiger partial charge >= 0.3 is 30.2 Å². The van der Waals surface area contributed by atoms with E-state index in [0.29, 0.717) is 0 Å². The number of hydrogen-bond donors (Lipinski definition) is 0. The lowest BCUT2D eigenvalue weighted by atomic mass is 10.0. The Hall–Kier alpha value is -2.16. The van der Waals surface area contributed by atoms with Crippen LogP contribution in [-0.4, -0.2) is 47.7 Å². The summed E-state index contributed by atoms with van der Waals surface area (Å²) in [5.41, 5.74) is -0.687. The van der Waals surface area contributed by atoms with Crippen molar-refractivity contribution in [1.82, 2.24) is 0 Å². The largest absolute Gasteiger partial charge is 0.457 e. The molecule has 2 atom stereocenters. The van der Waals surface area contributed by atoms with Crippen LogP contribution in [0.25, 0.3) is 0 Å². The molecule has 24 heavy (non-hydrogen) atoms. The Bertz CT molecular complexity index is 513. The van der Waals surface area contributed by atoms with E-state index in [4.69, 9.17) is 23.7 Å². The van der Waals surface area contributed by atoms with Gasteiger partial charge in [-0.2, -0.15) is 0 Å². The molecule has 2 heterocycles. The Morgan fingerprint density at radius 3 is 2.04 bits per heavy atom. The molecule has 9 heteroatoms. The average molecular weight is 344 g/mol. The van der Waals surface area contributed by atoms with Crippen LogP contribution in [0.15, 0.2) is 0 Å². The van der Waals surface area contributed by atoms with E-state index in [0.717, 1.165) is 0 Å². The fourth-order valence-electron chi connectivity index (χ4n) is 2.29. The second-order valence-corrected chi connectivity index (χ2v) is 6.62. The highest BCUT2D eigenvalue weighted by atomic mass is 16.8. The minimum atomic E-state index is -1.45. The molecule has 0 bridgehead atoms. The van der Waals surface area contributed by atoms with Gasteiger partial charge in [-0.25, -0.2) is 9.59 Å². The van der Waals surface area contributed by atoms with Gasteiger partial charge in [0, 0.05) is 20.3 Å². The Balaban J connectivity index is 1.73. The average Bonchev–Trinajstić information content (AvgIpc) is 2.81. The van der Waals surface area contributed by atoms with Gasteiger partial charge in [0.25, 0.3) is 0 Å². The van der Waals surface area contributed by atoms with Crippen molar-refractivity contribution >= 4 is 23.9 Å². The first kappa shape index (κ1) is 18.2. The zero-order chi connectivity index (χ0) is 18.1. The van der Waals surface area contributed by atoms with Gasteiger partial charge in [0.05, 0.1) is 12.8 Å². The van der Waals surface area contributed by atoms with Crippen LogP contribution in [0.5, 0.6) is 0 Å². The van der Waals surface area contributed by atoms with Gasteiger partial charge in [0.15, 0.2) is 0 Å². The lowest BCUT2D eigenvalue weighted by Gasteiger charge is -2.15. The van der Waals surface area contributed by atoms with E-state index in [1.807, 2.05) is 0 Å². The molecule has 0 aromatic carbocycles. The molecule has 0 saturated carbocycles. The monoisotopic (exact) mass is 344 g/mol. The van der Waals surface area contributed by atoms with Gasteiger partial charge in [-0.1, -0.05) is 0 Å². The molecule has 134 valence electrons. The van der Waals surface area contributed by atoms with Crippen LogP contribution in [0, 0.1) is 0 Å². The molecule has 9 nitrogen and oxygen atoms in total. The summed E-state index contributed by atoms with van der Waals surface area (Å²) in [5, 5.41) is 0. The first-order chi connectivity index (χ1) is 11.0. The number of carbonyl (C=O) groups excluding carboxylic acids is 4. The zero-order valence-electron chi connectivity index (χ0n) is 14.0. The van der Waals surface area contributed by atoms with Crippen LogP contribution in [0.4, 0.5) is 0 Å². The zero-order valence-corrected chi connectivity index (χ0v) is 14.0. The van der Waals surface area contributed by atoms with Crippen molar-refractivity contribution in [2.24, 2.45) is 0 Å². The van der Waals surface area contributed by atoms with Gasteiger partial charge in [-0.05, 0) is 13.8 Å². The summed E-state index contributed by atoms with van der Waals surface area (Å²) in [6.07, 6.45) is -2.79. The van der Waals surface area contributed by atoms with Crippen molar-refractivity contribution in [3.8, 4) is 0 Å². The van der Waals surface area contributed by atoms with E-state index < -0.39 is 47.7 Å². The molecule has 2 fully saturated rings. The summed E-state index contributed by atoms with van der Waals surface area (Å²) in [7, 11) is 0. The molecule has 0 spiro atoms. The molecule has 2 unspecified atom stereocenters. The van der Waals surface area contributed by atoms with E-state index in [1.54, 1.807) is 13.8 Å². The lowest BCUT2D eigenvalue weighted by Crippen LogP contribution is -2.27. The highest BCUT2D eigenvalue weighted by molar-refractivity contribution is 5.84. The third-order valence-corrected chi connectivity index (χ3v) is 3.29. The van der Waals surface area contributed by atoms with Crippen molar-refractivity contribution in [3.05, 3.63) is 0 Å². The first-order valence-electron chi connectivity index (χ1n) is 7.50. The smallest absolute Gasteiger partial charge is 0.379 e. The minimum absolute atomic E-state index is 0.249. The molecular weight excluding hydrogens is 324 g/mol. The molecule has 0 N–H and O–H groups in total. The molecule has 2 rings (SSSR count). The summed E-state index contributed by atoms with van der Waals surface area (Å²) >= 11 is 0. The SMILES string of the molecule is CC1(C)CC(OC(=O)CCC(=O)OC2OC(C)(C)OC2=O)C(=O)O1. The fourth-order valence-corrected chi connectivity index (χ4v) is 2.29. The quantitative estimate of drug-likeness (QED) is 0.522. The minimum Gasteiger partial charge on any atom is -0.457 e. The van der Waals surface area contributed by atoms with E-state index in [1.165, 1.54) is 13.8 Å². The summed E-state index contributed by atoms with van der Waals surface area (Å²) < 4.78 is 24.7. The third kappa shape index (κ3) is 4.67. The van der Waals surface area contributed by atoms with Gasteiger partial charge in [0.2, 0.25) is 11.9 Å². The number of carbonyl (C=O) groups is 4. The third-order valence-electron chi connectivity index (χ3n) is 3.29. The van der Waals surface area contributed by atoms with Gasteiger partial charge in [-0.3, -0.25) is 14.3 Å². The lowest BCUT2D eigenvalue weighted by molar-refractivity contribution is -0.198. The number of rotatable bonds is 5. The Morgan fingerprint density at radius 1 is 1.00 bits per heavy atom. The predicted molar refractivity (Wildman–Crippen MR) is 75.0 cm³/mol. The van der Waals surface area contributed by atoms with Crippen LogP contribution in [0.1, 0.15) is 47.0 Å². The molecule has 0 amide bonds. The number of cyclic esters (lactones) is 2. The van der Waals surface area contributed by atoms with Gasteiger partial charge < -0.3 is 18.9 Å². The maximum absolute atomic E-state index is 11.7. The summed E-state index contributed by atoms with van der Waals surface area (Å²) in [4.78, 5) is 46.3. The number of esters is 4. The topological polar surface area (TPSA) is 114 Å². The van der Waals surface area contributed by atoms with Crippen LogP contribution >= 0.6 is 0 Å². The predicted octanol–water partition coefficient (Wildman–Crippen LogP) is 0.583. The molecule has 2 aliphatic rings. The highest BCUT2D eigenvalue weighted by Crippen LogP contribution is 2.28. The fraction of sp³-hybridized carbons (Fsp3) is 0.733. The second kappa shape index (κ2) is 6.39. The maximum atomic E-state index is 11.7. The van der Waals surface area contributed by atoms with E-state index >= 15 is 0 Å². The molecule has 0 radical (unpaired) electrons.